The predicted octanol–water partition coefficient (Wildman–Crippen LogP) is 3.13. The van der Waals surface area contributed by atoms with Gasteiger partial charge < -0.3 is 9.47 Å². The molecule has 4 nitrogen and oxygen atoms in total. The van der Waals surface area contributed by atoms with Crippen molar-refractivity contribution in [2.75, 3.05) is 0 Å². The molecule has 1 unspecified atom stereocenters. The summed E-state index contributed by atoms with van der Waals surface area (Å²) in [7, 11) is 0. The molecule has 0 N–H and O–H groups in total. The van der Waals surface area contributed by atoms with Crippen molar-refractivity contribution in [3.05, 3.63) is 65.2 Å². The van der Waals surface area contributed by atoms with Gasteiger partial charge in [-0.25, -0.2) is 0 Å². The fourth-order valence-electron chi connectivity index (χ4n) is 2.63. The third-order valence-corrected chi connectivity index (χ3v) is 3.60. The van der Waals surface area contributed by atoms with Crippen LogP contribution in [0.15, 0.2) is 48.5 Å². The van der Waals surface area contributed by atoms with E-state index in [1.165, 1.54) is 13.8 Å². The molecule has 4 heteroatoms. The summed E-state index contributed by atoms with van der Waals surface area (Å²) in [6.07, 6.45) is 0.728. The zero-order valence-electron chi connectivity index (χ0n) is 12.5. The van der Waals surface area contributed by atoms with Gasteiger partial charge in [-0.05, 0) is 29.7 Å². The van der Waals surface area contributed by atoms with Crippen molar-refractivity contribution in [2.45, 2.75) is 26.1 Å². The van der Waals surface area contributed by atoms with Crippen LogP contribution in [0.4, 0.5) is 0 Å². The number of esters is 1. The van der Waals surface area contributed by atoms with Crippen molar-refractivity contribution < 1.29 is 19.1 Å². The molecule has 112 valence electrons. The Morgan fingerprint density at radius 2 is 1.86 bits per heavy atom. The number of Topliss-reactive ketones (excluding diaryl/α,β-unsaturated/α-hetero) is 1. The van der Waals surface area contributed by atoms with Gasteiger partial charge in [0, 0.05) is 13.8 Å². The lowest BCUT2D eigenvalue weighted by molar-refractivity contribution is -0.172. The number of ether oxygens (including phenoxy) is 2. The van der Waals surface area contributed by atoms with Crippen LogP contribution in [0.3, 0.4) is 0 Å². The molecule has 22 heavy (non-hydrogen) atoms. The highest BCUT2D eigenvalue weighted by molar-refractivity contribution is 6.07. The van der Waals surface area contributed by atoms with E-state index in [2.05, 4.69) is 0 Å². The van der Waals surface area contributed by atoms with E-state index in [0.29, 0.717) is 11.3 Å². The molecule has 3 rings (SSSR count). The molecule has 0 amide bonds. The van der Waals surface area contributed by atoms with Gasteiger partial charge in [0.05, 0.1) is 5.56 Å². The average Bonchev–Trinajstić information content (AvgIpc) is 2.71. The lowest BCUT2D eigenvalue weighted by atomic mass is 10.00. The molecule has 0 saturated carbocycles. The Balaban J connectivity index is 1.88. The highest BCUT2D eigenvalue weighted by Crippen LogP contribution is 2.36. The van der Waals surface area contributed by atoms with Crippen LogP contribution in [0.1, 0.15) is 35.3 Å². The maximum atomic E-state index is 12.5. The van der Waals surface area contributed by atoms with Gasteiger partial charge in [0.25, 0.3) is 0 Å². The van der Waals surface area contributed by atoms with E-state index in [9.17, 15) is 9.59 Å². The van der Waals surface area contributed by atoms with Crippen molar-refractivity contribution >= 4 is 11.8 Å². The van der Waals surface area contributed by atoms with E-state index in [-0.39, 0.29) is 5.78 Å². The van der Waals surface area contributed by atoms with E-state index < -0.39 is 11.8 Å². The zero-order valence-corrected chi connectivity index (χ0v) is 12.5. The second-order valence-electron chi connectivity index (χ2n) is 5.46. The summed E-state index contributed by atoms with van der Waals surface area (Å²) >= 11 is 0. The van der Waals surface area contributed by atoms with Gasteiger partial charge in [-0.15, -0.1) is 0 Å². The molecule has 2 aromatic carbocycles. The molecule has 1 atom stereocenters. The summed E-state index contributed by atoms with van der Waals surface area (Å²) in [4.78, 5) is 23.6. The minimum absolute atomic E-state index is 0.326. The molecule has 1 heterocycles. The van der Waals surface area contributed by atoms with Gasteiger partial charge in [-0.2, -0.15) is 0 Å². The van der Waals surface area contributed by atoms with Gasteiger partial charge in [-0.3, -0.25) is 9.59 Å². The van der Waals surface area contributed by atoms with Crippen LogP contribution in [-0.4, -0.2) is 17.5 Å². The number of hydrogen-bond donors (Lipinski definition) is 0. The molecule has 0 radical (unpaired) electrons. The Bertz CT molecular complexity index is 736. The van der Waals surface area contributed by atoms with E-state index in [4.69, 9.17) is 9.47 Å². The first-order valence-electron chi connectivity index (χ1n) is 7.08. The third-order valence-electron chi connectivity index (χ3n) is 3.60. The molecule has 0 aromatic heterocycles. The number of carbonyl (C=O) groups excluding carboxylic acids is 2. The maximum Gasteiger partial charge on any atom is 0.315 e. The van der Waals surface area contributed by atoms with Crippen molar-refractivity contribution in [3.8, 4) is 5.75 Å². The lowest BCUT2D eigenvalue weighted by Crippen LogP contribution is -2.41. The number of hydrogen-bond acceptors (Lipinski definition) is 4. The molecule has 0 spiro atoms. The molecular weight excluding hydrogens is 280 g/mol. The summed E-state index contributed by atoms with van der Waals surface area (Å²) in [5.74, 6) is -1.98. The minimum Gasteiger partial charge on any atom is -0.445 e. The highest BCUT2D eigenvalue weighted by Gasteiger charge is 2.47. The van der Waals surface area contributed by atoms with Crippen molar-refractivity contribution in [2.24, 2.45) is 0 Å². The van der Waals surface area contributed by atoms with Gasteiger partial charge >= 0.3 is 11.8 Å². The van der Waals surface area contributed by atoms with Crippen LogP contribution in [0.2, 0.25) is 0 Å². The number of fused-ring (bicyclic) bond motifs is 1. The Morgan fingerprint density at radius 1 is 1.14 bits per heavy atom. The maximum absolute atomic E-state index is 12.5. The highest BCUT2D eigenvalue weighted by atomic mass is 16.7. The van der Waals surface area contributed by atoms with Crippen LogP contribution in [0.5, 0.6) is 5.75 Å². The Hall–Kier alpha value is -2.62. The SMILES string of the molecule is CC(=O)OC1(C)Oc2ccc(Cc3ccccc3)cc2C1=O. The van der Waals surface area contributed by atoms with E-state index in [1.54, 1.807) is 12.1 Å². The van der Waals surface area contributed by atoms with Gasteiger partial charge in [0.2, 0.25) is 5.78 Å². The number of ketones is 1. The minimum atomic E-state index is -1.56. The van der Waals surface area contributed by atoms with Crippen LogP contribution in [0.25, 0.3) is 0 Å². The molecular formula is C18H16O4. The summed E-state index contributed by atoms with van der Waals surface area (Å²) < 4.78 is 10.6. The third kappa shape index (κ3) is 2.60. The smallest absolute Gasteiger partial charge is 0.315 e. The summed E-state index contributed by atoms with van der Waals surface area (Å²) in [6, 6.07) is 15.5. The van der Waals surface area contributed by atoms with Crippen LogP contribution >= 0.6 is 0 Å². The fraction of sp³-hybridized carbons (Fsp3) is 0.222. The number of benzene rings is 2. The molecule has 1 aliphatic rings. The summed E-state index contributed by atoms with van der Waals surface area (Å²) in [6.45, 7) is 2.72. The van der Waals surface area contributed by atoms with Crippen LogP contribution in [-0.2, 0) is 16.0 Å². The quantitative estimate of drug-likeness (QED) is 0.817. The molecule has 0 bridgehead atoms. The second kappa shape index (κ2) is 5.30. The normalized spacial score (nSPS) is 19.5. The van der Waals surface area contributed by atoms with E-state index in [0.717, 1.165) is 17.5 Å². The first kappa shape index (κ1) is 14.3. The van der Waals surface area contributed by atoms with Crippen molar-refractivity contribution in [1.82, 2.24) is 0 Å². The predicted molar refractivity (Wildman–Crippen MR) is 80.8 cm³/mol. The van der Waals surface area contributed by atoms with Crippen molar-refractivity contribution in [3.63, 3.8) is 0 Å². The standard InChI is InChI=1S/C18H16O4/c1-12(19)21-18(2)17(20)15-11-14(8-9-16(15)22-18)10-13-6-4-3-5-7-13/h3-9,11H,10H2,1-2H3. The molecule has 1 aliphatic heterocycles. The van der Waals surface area contributed by atoms with E-state index >= 15 is 0 Å². The van der Waals surface area contributed by atoms with E-state index in [1.807, 2.05) is 36.4 Å². The van der Waals surface area contributed by atoms with Gasteiger partial charge in [-0.1, -0.05) is 36.4 Å². The number of rotatable bonds is 3. The first-order chi connectivity index (χ1) is 10.5. The average molecular weight is 296 g/mol. The molecule has 0 fully saturated rings. The Kier molecular flexibility index (Phi) is 3.45. The zero-order chi connectivity index (χ0) is 15.7. The monoisotopic (exact) mass is 296 g/mol. The summed E-state index contributed by atoms with van der Waals surface area (Å²) in [5.41, 5.74) is 2.63. The molecule has 0 aliphatic carbocycles. The lowest BCUT2D eigenvalue weighted by Gasteiger charge is -2.21. The largest absolute Gasteiger partial charge is 0.445 e. The van der Waals surface area contributed by atoms with Crippen molar-refractivity contribution in [1.29, 1.82) is 0 Å². The number of carbonyl (C=O) groups is 2. The first-order valence-corrected chi connectivity index (χ1v) is 7.08. The summed E-state index contributed by atoms with van der Waals surface area (Å²) in [5, 5.41) is 0. The topological polar surface area (TPSA) is 52.6 Å². The van der Waals surface area contributed by atoms with Crippen LogP contribution in [0, 0.1) is 0 Å². The van der Waals surface area contributed by atoms with Crippen LogP contribution < -0.4 is 4.74 Å². The Labute approximate surface area is 128 Å². The molecule has 2 aromatic rings. The van der Waals surface area contributed by atoms with Gasteiger partial charge in [0.15, 0.2) is 0 Å². The second-order valence-corrected chi connectivity index (χ2v) is 5.46. The molecule has 0 saturated heterocycles. The Morgan fingerprint density at radius 3 is 2.55 bits per heavy atom. The van der Waals surface area contributed by atoms with Gasteiger partial charge in [0.1, 0.15) is 5.75 Å². The fourth-order valence-corrected chi connectivity index (χ4v) is 2.63.